The van der Waals surface area contributed by atoms with Crippen molar-refractivity contribution in [3.63, 3.8) is 0 Å². The number of hydrogen-bond donors (Lipinski definition) is 5. The van der Waals surface area contributed by atoms with Gasteiger partial charge in [-0.05, 0) is 38.0 Å². The number of ether oxygens (including phenoxy) is 1. The summed E-state index contributed by atoms with van der Waals surface area (Å²) in [5, 5.41) is 27.7. The van der Waals surface area contributed by atoms with Crippen LogP contribution in [0.25, 0.3) is 0 Å². The average Bonchev–Trinajstić information content (AvgIpc) is 3.29. The van der Waals surface area contributed by atoms with E-state index in [1.54, 1.807) is 35.9 Å². The van der Waals surface area contributed by atoms with Crippen molar-refractivity contribution in [2.24, 2.45) is 0 Å². The molecule has 3 rings (SSSR count). The third-order valence-corrected chi connectivity index (χ3v) is 8.24. The first-order valence-corrected chi connectivity index (χ1v) is 14.3. The summed E-state index contributed by atoms with van der Waals surface area (Å²) in [5.74, 6) is -0.180. The minimum Gasteiger partial charge on any atom is -0.445 e. The van der Waals surface area contributed by atoms with Gasteiger partial charge in [0.15, 0.2) is 0 Å². The maximum atomic E-state index is 12.7. The molecule has 2 aliphatic rings. The first-order chi connectivity index (χ1) is 18.5. The number of hydrogen-bond acceptors (Lipinski definition) is 11. The van der Waals surface area contributed by atoms with Crippen LogP contribution in [-0.2, 0) is 20.9 Å². The predicted octanol–water partition coefficient (Wildman–Crippen LogP) is 0.528. The van der Waals surface area contributed by atoms with Crippen molar-refractivity contribution in [3.05, 3.63) is 39.9 Å². The second-order valence-corrected chi connectivity index (χ2v) is 11.7. The first kappa shape index (κ1) is 30.9. The predicted molar refractivity (Wildman–Crippen MR) is 149 cm³/mol. The van der Waals surface area contributed by atoms with E-state index in [9.17, 15) is 29.6 Å². The molecule has 1 aromatic rings. The number of rotatable bonds is 11. The summed E-state index contributed by atoms with van der Waals surface area (Å²) in [6.07, 6.45) is -0.488. The van der Waals surface area contributed by atoms with Gasteiger partial charge in [-0.15, -0.1) is 11.8 Å². The molecule has 5 atom stereocenters. The van der Waals surface area contributed by atoms with Gasteiger partial charge in [0.2, 0.25) is 5.91 Å². The van der Waals surface area contributed by atoms with E-state index < -0.39 is 22.4 Å². The number of thiol groups is 1. The Hall–Kier alpha value is -2.59. The van der Waals surface area contributed by atoms with Crippen molar-refractivity contribution in [2.45, 2.75) is 55.6 Å². The maximum Gasteiger partial charge on any atom is 0.410 e. The lowest BCUT2D eigenvalue weighted by atomic mass is 10.1. The van der Waals surface area contributed by atoms with Gasteiger partial charge >= 0.3 is 6.09 Å². The lowest BCUT2D eigenvalue weighted by Crippen LogP contribution is -2.62. The summed E-state index contributed by atoms with van der Waals surface area (Å²) in [6, 6.07) is 5.37. The van der Waals surface area contributed by atoms with Gasteiger partial charge < -0.3 is 25.4 Å². The molecule has 0 aromatic heterocycles. The molecule has 5 unspecified atom stereocenters. The number of thioether (sulfide) groups is 1. The van der Waals surface area contributed by atoms with Crippen LogP contribution < -0.4 is 16.1 Å². The van der Waals surface area contributed by atoms with Gasteiger partial charge in [0.05, 0.1) is 28.9 Å². The van der Waals surface area contributed by atoms with Crippen LogP contribution in [0.4, 0.5) is 10.5 Å². The fourth-order valence-electron chi connectivity index (χ4n) is 4.35. The molecule has 0 saturated carbocycles. The quantitative estimate of drug-likeness (QED) is 0.141. The molecule has 0 bridgehead atoms. The molecule has 0 aliphatic carbocycles. The number of likely N-dealkylation sites (tertiary alicyclic amines) is 1. The van der Waals surface area contributed by atoms with Crippen molar-refractivity contribution >= 4 is 48.0 Å². The van der Waals surface area contributed by atoms with Crippen molar-refractivity contribution in [3.8, 4) is 0 Å². The Kier molecular flexibility index (Phi) is 11.7. The number of nitrogens with zero attached hydrogens (tertiary/aromatic N) is 3. The molecule has 0 spiro atoms. The smallest absolute Gasteiger partial charge is 0.410 e. The zero-order chi connectivity index (χ0) is 28.5. The lowest BCUT2D eigenvalue weighted by Gasteiger charge is -2.37. The molecule has 4 N–H and O–H groups in total. The molecule has 13 nitrogen and oxygen atoms in total. The van der Waals surface area contributed by atoms with Gasteiger partial charge in [0, 0.05) is 55.4 Å². The number of benzene rings is 1. The van der Waals surface area contributed by atoms with Crippen LogP contribution in [0.3, 0.4) is 0 Å². The van der Waals surface area contributed by atoms with E-state index in [-0.39, 0.29) is 48.0 Å². The molecular formula is C24H36N6O7S2. The van der Waals surface area contributed by atoms with Gasteiger partial charge in [-0.2, -0.15) is 12.6 Å². The number of hydrazine groups is 1. The van der Waals surface area contributed by atoms with Crippen LogP contribution in [-0.4, -0.2) is 105 Å². The minimum atomic E-state index is -0.629. The maximum absolute atomic E-state index is 12.7. The molecule has 3 amide bonds. The molecule has 0 radical (unpaired) electrons. The number of amides is 3. The van der Waals surface area contributed by atoms with Gasteiger partial charge in [0.1, 0.15) is 6.61 Å². The standard InChI is InChI=1S/C24H36N6O7S2/c1-15(31)21-10-25-7-8-29(21)27-22(32)11-26-23(33)16(2)39-14-19-9-20(38)12-28(19)24(34)37-13-17-3-5-18(6-4-17)30(35)36/h3-6,15-16,19-21,25,31,38H,7-14H2,1-2H3,(H,26,33)(H,27,32). The van der Waals surface area contributed by atoms with Gasteiger partial charge in [0.25, 0.3) is 11.6 Å². The molecule has 2 fully saturated rings. The fourth-order valence-corrected chi connectivity index (χ4v) is 5.83. The Balaban J connectivity index is 1.41. The number of carbonyl (C=O) groups excluding carboxylic acids is 3. The highest BCUT2D eigenvalue weighted by Crippen LogP contribution is 2.27. The summed E-state index contributed by atoms with van der Waals surface area (Å²) in [4.78, 5) is 49.6. The molecule has 1 aromatic carbocycles. The zero-order valence-electron chi connectivity index (χ0n) is 21.9. The third-order valence-electron chi connectivity index (χ3n) is 6.58. The average molecular weight is 585 g/mol. The van der Waals surface area contributed by atoms with E-state index in [1.165, 1.54) is 23.9 Å². The van der Waals surface area contributed by atoms with Crippen molar-refractivity contribution in [1.82, 2.24) is 26.0 Å². The number of carbonyl (C=O) groups is 3. The molecule has 216 valence electrons. The fraction of sp³-hybridized carbons (Fsp3) is 0.625. The first-order valence-electron chi connectivity index (χ1n) is 12.7. The SMILES string of the molecule is CC(SCC1CC(S)CN1C(=O)OCc1ccc([N+](=O)[O-])cc1)C(=O)NCC(=O)NN1CCNCC1C(C)O. The van der Waals surface area contributed by atoms with Crippen LogP contribution in [0.1, 0.15) is 25.8 Å². The summed E-state index contributed by atoms with van der Waals surface area (Å²) < 4.78 is 5.42. The molecule has 15 heteroatoms. The number of piperazine rings is 1. The third kappa shape index (κ3) is 9.24. The van der Waals surface area contributed by atoms with Crippen LogP contribution >= 0.6 is 24.4 Å². The van der Waals surface area contributed by atoms with E-state index in [2.05, 4.69) is 28.7 Å². The number of aliphatic hydroxyl groups excluding tert-OH is 1. The largest absolute Gasteiger partial charge is 0.445 e. The van der Waals surface area contributed by atoms with Crippen LogP contribution in [0.15, 0.2) is 24.3 Å². The van der Waals surface area contributed by atoms with E-state index in [0.717, 1.165) is 0 Å². The number of nitro groups is 1. The Morgan fingerprint density at radius 3 is 2.69 bits per heavy atom. The Morgan fingerprint density at radius 2 is 2.03 bits per heavy atom. The van der Waals surface area contributed by atoms with Crippen molar-refractivity contribution < 1.29 is 29.2 Å². The van der Waals surface area contributed by atoms with Crippen LogP contribution in [0, 0.1) is 10.1 Å². The van der Waals surface area contributed by atoms with E-state index in [0.29, 0.717) is 43.9 Å². The highest BCUT2D eigenvalue weighted by Gasteiger charge is 2.35. The normalized spacial score (nSPS) is 23.1. The summed E-state index contributed by atoms with van der Waals surface area (Å²) in [5.41, 5.74) is 3.35. The van der Waals surface area contributed by atoms with Crippen LogP contribution in [0.2, 0.25) is 0 Å². The van der Waals surface area contributed by atoms with Crippen molar-refractivity contribution in [1.29, 1.82) is 0 Å². The second-order valence-electron chi connectivity index (χ2n) is 9.61. The monoisotopic (exact) mass is 584 g/mol. The van der Waals surface area contributed by atoms with Crippen LogP contribution in [0.5, 0.6) is 0 Å². The van der Waals surface area contributed by atoms with E-state index in [4.69, 9.17) is 4.74 Å². The molecule has 2 saturated heterocycles. The van der Waals surface area contributed by atoms with Gasteiger partial charge in [-0.3, -0.25) is 25.1 Å². The van der Waals surface area contributed by atoms with Gasteiger partial charge in [-0.1, -0.05) is 0 Å². The zero-order valence-corrected chi connectivity index (χ0v) is 23.7. The minimum absolute atomic E-state index is 0.0167. The summed E-state index contributed by atoms with van der Waals surface area (Å²) in [6.45, 7) is 5.38. The number of nitrogens with one attached hydrogen (secondary N) is 3. The lowest BCUT2D eigenvalue weighted by molar-refractivity contribution is -0.384. The summed E-state index contributed by atoms with van der Waals surface area (Å²) in [7, 11) is 0. The highest BCUT2D eigenvalue weighted by molar-refractivity contribution is 8.00. The Labute approximate surface area is 236 Å². The number of nitro benzene ring substituents is 1. The number of aliphatic hydroxyl groups is 1. The molecule has 2 heterocycles. The number of non-ortho nitro benzene ring substituents is 1. The summed E-state index contributed by atoms with van der Waals surface area (Å²) >= 11 is 5.89. The van der Waals surface area contributed by atoms with E-state index >= 15 is 0 Å². The second kappa shape index (κ2) is 14.7. The molecule has 2 aliphatic heterocycles. The Bertz CT molecular complexity index is 1020. The van der Waals surface area contributed by atoms with E-state index in [1.807, 2.05) is 0 Å². The molecular weight excluding hydrogens is 548 g/mol. The topological polar surface area (TPSA) is 166 Å². The molecule has 39 heavy (non-hydrogen) atoms. The van der Waals surface area contributed by atoms with Gasteiger partial charge in [-0.25, -0.2) is 9.80 Å². The van der Waals surface area contributed by atoms with Crippen molar-refractivity contribution in [2.75, 3.05) is 38.5 Å². The highest BCUT2D eigenvalue weighted by atomic mass is 32.2. The Morgan fingerprint density at radius 1 is 1.31 bits per heavy atom.